The van der Waals surface area contributed by atoms with Gasteiger partial charge in [-0.15, -0.1) is 0 Å². The number of aromatic amines is 1. The number of H-pyrrole nitrogens is 1. The first-order valence-electron chi connectivity index (χ1n) is 9.47. The van der Waals surface area contributed by atoms with Crippen LogP contribution in [0, 0.1) is 5.82 Å². The van der Waals surface area contributed by atoms with E-state index in [-0.39, 0.29) is 18.2 Å². The van der Waals surface area contributed by atoms with Crippen LogP contribution in [0.25, 0.3) is 22.2 Å². The highest BCUT2D eigenvalue weighted by Crippen LogP contribution is 2.37. The second-order valence-corrected chi connectivity index (χ2v) is 7.41. The quantitative estimate of drug-likeness (QED) is 0.718. The number of Topliss-reactive ketones (excluding diaryl/α,β-unsaturated/α-hetero) is 1. The Morgan fingerprint density at radius 3 is 2.85 bits per heavy atom. The van der Waals surface area contributed by atoms with Crippen LogP contribution in [0.5, 0.6) is 0 Å². The van der Waals surface area contributed by atoms with Gasteiger partial charge in [-0.1, -0.05) is 18.2 Å². The number of benzene rings is 2. The monoisotopic (exact) mass is 364 g/mol. The fraction of sp³-hybridized carbons (Fsp3) is 0.318. The van der Waals surface area contributed by atoms with Crippen molar-refractivity contribution in [3.05, 3.63) is 58.9 Å². The summed E-state index contributed by atoms with van der Waals surface area (Å²) in [5, 5.41) is 4.24. The lowest BCUT2D eigenvalue weighted by atomic mass is 9.90. The molecule has 27 heavy (non-hydrogen) atoms. The van der Waals surface area contributed by atoms with Crippen molar-refractivity contribution in [2.45, 2.75) is 25.4 Å². The van der Waals surface area contributed by atoms with E-state index in [0.717, 1.165) is 48.0 Å². The zero-order chi connectivity index (χ0) is 18.4. The molecule has 0 radical (unpaired) electrons. The number of carbonyl (C=O) groups excluding carboxylic acids is 1. The molecule has 4 nitrogen and oxygen atoms in total. The van der Waals surface area contributed by atoms with Crippen molar-refractivity contribution in [3.63, 3.8) is 0 Å². The van der Waals surface area contributed by atoms with Crippen LogP contribution in [0.4, 0.5) is 4.39 Å². The highest BCUT2D eigenvalue weighted by Gasteiger charge is 2.24. The van der Waals surface area contributed by atoms with Crippen molar-refractivity contribution < 1.29 is 13.9 Å². The van der Waals surface area contributed by atoms with Crippen molar-refractivity contribution in [2.75, 3.05) is 19.7 Å². The maximum Gasteiger partial charge on any atom is 0.189 e. The molecule has 1 fully saturated rings. The Kier molecular flexibility index (Phi) is 4.06. The van der Waals surface area contributed by atoms with E-state index in [1.165, 1.54) is 0 Å². The molecule has 1 saturated heterocycles. The molecular weight excluding hydrogens is 343 g/mol. The van der Waals surface area contributed by atoms with Crippen LogP contribution in [0.15, 0.2) is 36.4 Å². The molecule has 0 spiro atoms. The zero-order valence-electron chi connectivity index (χ0n) is 15.0. The van der Waals surface area contributed by atoms with Gasteiger partial charge < -0.3 is 15.0 Å². The first kappa shape index (κ1) is 16.7. The molecule has 2 aliphatic rings. The van der Waals surface area contributed by atoms with Crippen LogP contribution in [0.2, 0.25) is 0 Å². The number of aromatic nitrogens is 1. The Labute approximate surface area is 156 Å². The second-order valence-electron chi connectivity index (χ2n) is 7.41. The first-order valence-corrected chi connectivity index (χ1v) is 9.47. The molecule has 5 rings (SSSR count). The van der Waals surface area contributed by atoms with Gasteiger partial charge in [0.25, 0.3) is 0 Å². The smallest absolute Gasteiger partial charge is 0.189 e. The third-order valence-corrected chi connectivity index (χ3v) is 5.74. The summed E-state index contributed by atoms with van der Waals surface area (Å²) >= 11 is 0. The van der Waals surface area contributed by atoms with E-state index in [9.17, 15) is 4.79 Å². The second kappa shape index (κ2) is 6.59. The molecular formula is C22H21FN2O2. The molecule has 3 aromatic rings. The van der Waals surface area contributed by atoms with Crippen molar-refractivity contribution in [3.8, 4) is 11.3 Å². The SMILES string of the molecule is O=C1COCc2c(-c3ccc([C@@H]4CCCNC4)cc3F)[nH]c3cccc1c23. The van der Waals surface area contributed by atoms with Crippen molar-refractivity contribution in [1.82, 2.24) is 10.3 Å². The largest absolute Gasteiger partial charge is 0.369 e. The summed E-state index contributed by atoms with van der Waals surface area (Å²) in [6.07, 6.45) is 2.21. The summed E-state index contributed by atoms with van der Waals surface area (Å²) in [5.41, 5.74) is 4.62. The number of ether oxygens (including phenoxy) is 1. The van der Waals surface area contributed by atoms with E-state index >= 15 is 4.39 Å². The van der Waals surface area contributed by atoms with Crippen molar-refractivity contribution >= 4 is 16.7 Å². The molecule has 0 aliphatic carbocycles. The lowest BCUT2D eigenvalue weighted by Gasteiger charge is -2.23. The molecule has 0 unspecified atom stereocenters. The Hall–Kier alpha value is -2.50. The molecule has 0 amide bonds. The van der Waals surface area contributed by atoms with E-state index in [4.69, 9.17) is 4.74 Å². The molecule has 2 aromatic carbocycles. The van der Waals surface area contributed by atoms with Gasteiger partial charge in [-0.25, -0.2) is 4.39 Å². The Bertz CT molecular complexity index is 1030. The lowest BCUT2D eigenvalue weighted by molar-refractivity contribution is 0.0742. The molecule has 3 heterocycles. The minimum absolute atomic E-state index is 0.0366. The molecule has 0 bridgehead atoms. The number of rotatable bonds is 2. The third-order valence-electron chi connectivity index (χ3n) is 5.74. The normalized spacial score (nSPS) is 20.0. The van der Waals surface area contributed by atoms with Gasteiger partial charge in [0.2, 0.25) is 0 Å². The van der Waals surface area contributed by atoms with Gasteiger partial charge in [-0.3, -0.25) is 4.79 Å². The van der Waals surface area contributed by atoms with E-state index in [2.05, 4.69) is 10.3 Å². The zero-order valence-corrected chi connectivity index (χ0v) is 15.0. The van der Waals surface area contributed by atoms with E-state index in [1.54, 1.807) is 6.07 Å². The van der Waals surface area contributed by atoms with Gasteiger partial charge in [0.05, 0.1) is 12.3 Å². The Morgan fingerprint density at radius 1 is 1.11 bits per heavy atom. The highest BCUT2D eigenvalue weighted by molar-refractivity contribution is 6.11. The summed E-state index contributed by atoms with van der Waals surface area (Å²) in [6, 6.07) is 11.1. The van der Waals surface area contributed by atoms with Crippen LogP contribution in [0.3, 0.4) is 0 Å². The molecule has 2 N–H and O–H groups in total. The van der Waals surface area contributed by atoms with Crippen LogP contribution >= 0.6 is 0 Å². The predicted molar refractivity (Wildman–Crippen MR) is 103 cm³/mol. The van der Waals surface area contributed by atoms with Gasteiger partial charge >= 0.3 is 0 Å². The molecule has 1 atom stereocenters. The Balaban J connectivity index is 1.62. The Morgan fingerprint density at radius 2 is 2.04 bits per heavy atom. The number of ketones is 1. The van der Waals surface area contributed by atoms with Gasteiger partial charge in [0.1, 0.15) is 12.4 Å². The van der Waals surface area contributed by atoms with Crippen LogP contribution < -0.4 is 5.32 Å². The predicted octanol–water partition coefficient (Wildman–Crippen LogP) is 4.15. The fourth-order valence-electron chi connectivity index (χ4n) is 4.37. The minimum Gasteiger partial charge on any atom is -0.369 e. The summed E-state index contributed by atoms with van der Waals surface area (Å²) in [5.74, 6) is 0.0858. The average molecular weight is 364 g/mol. The maximum atomic E-state index is 15.1. The van der Waals surface area contributed by atoms with Gasteiger partial charge in [-0.05, 0) is 49.1 Å². The molecule has 1 aromatic heterocycles. The molecule has 5 heteroatoms. The van der Waals surface area contributed by atoms with Crippen LogP contribution in [-0.4, -0.2) is 30.5 Å². The topological polar surface area (TPSA) is 54.1 Å². The number of hydrogen-bond donors (Lipinski definition) is 2. The van der Waals surface area contributed by atoms with Crippen LogP contribution in [0.1, 0.15) is 40.2 Å². The maximum absolute atomic E-state index is 15.1. The molecule has 138 valence electrons. The van der Waals surface area contributed by atoms with Crippen molar-refractivity contribution in [1.29, 1.82) is 0 Å². The van der Waals surface area contributed by atoms with Crippen LogP contribution in [-0.2, 0) is 11.3 Å². The highest BCUT2D eigenvalue weighted by atomic mass is 19.1. The average Bonchev–Trinajstić information content (AvgIpc) is 2.97. The van der Waals surface area contributed by atoms with Gasteiger partial charge in [-0.2, -0.15) is 0 Å². The third kappa shape index (κ3) is 2.78. The van der Waals surface area contributed by atoms with Gasteiger partial charge in [0, 0.05) is 34.1 Å². The van der Waals surface area contributed by atoms with Gasteiger partial charge in [0.15, 0.2) is 5.78 Å². The number of piperidine rings is 1. The number of halogens is 1. The fourth-order valence-corrected chi connectivity index (χ4v) is 4.37. The number of nitrogens with one attached hydrogen (secondary N) is 2. The lowest BCUT2D eigenvalue weighted by Crippen LogP contribution is -2.28. The van der Waals surface area contributed by atoms with Crippen molar-refractivity contribution in [2.24, 2.45) is 0 Å². The summed E-state index contributed by atoms with van der Waals surface area (Å²) < 4.78 is 20.6. The summed E-state index contributed by atoms with van der Waals surface area (Å²) in [4.78, 5) is 15.6. The standard InChI is InChI=1S/C22H21FN2O2/c23-18-9-13(14-3-2-8-24-10-14)6-7-15(18)22-17-11-27-12-20(26)16-4-1-5-19(25-22)21(16)17/h1,4-7,9,14,24-25H,2-3,8,10-12H2/t14-/m1/s1. The van der Waals surface area contributed by atoms with E-state index in [0.29, 0.717) is 29.3 Å². The van der Waals surface area contributed by atoms with E-state index in [1.807, 2.05) is 30.3 Å². The van der Waals surface area contributed by atoms with E-state index < -0.39 is 0 Å². The summed E-state index contributed by atoms with van der Waals surface area (Å²) in [7, 11) is 0. The molecule has 2 aliphatic heterocycles. The minimum atomic E-state index is -0.238. The number of carbonyl (C=O) groups is 1. The summed E-state index contributed by atoms with van der Waals surface area (Å²) in [6.45, 7) is 2.29. The number of hydrogen-bond acceptors (Lipinski definition) is 3. The first-order chi connectivity index (χ1) is 13.2. The molecule has 0 saturated carbocycles.